The van der Waals surface area contributed by atoms with Gasteiger partial charge in [0.25, 0.3) is 0 Å². The Bertz CT molecular complexity index is 684. The van der Waals surface area contributed by atoms with Crippen molar-refractivity contribution in [3.05, 3.63) is 22.6 Å². The quantitative estimate of drug-likeness (QED) is 0.787. The van der Waals surface area contributed by atoms with Crippen LogP contribution in [-0.4, -0.2) is 28.8 Å². The highest BCUT2D eigenvalue weighted by molar-refractivity contribution is 6.30. The molecule has 6 nitrogen and oxygen atoms in total. The Morgan fingerprint density at radius 3 is 2.64 bits per heavy atom. The van der Waals surface area contributed by atoms with Crippen LogP contribution < -0.4 is 10.6 Å². The van der Waals surface area contributed by atoms with E-state index < -0.39 is 17.5 Å². The highest BCUT2D eigenvalue weighted by Gasteiger charge is 2.29. The summed E-state index contributed by atoms with van der Waals surface area (Å²) in [5.74, 6) is -0.672. The molecule has 1 aromatic heterocycles. The Labute approximate surface area is 151 Å². The Balaban J connectivity index is 2.10. The van der Waals surface area contributed by atoms with Crippen LogP contribution in [0.4, 0.5) is 15.0 Å². The number of halogens is 2. The van der Waals surface area contributed by atoms with Gasteiger partial charge in [-0.05, 0) is 39.7 Å². The van der Waals surface area contributed by atoms with E-state index in [2.05, 4.69) is 15.6 Å². The summed E-state index contributed by atoms with van der Waals surface area (Å²) in [5.41, 5.74) is -0.604. The van der Waals surface area contributed by atoms with Crippen molar-refractivity contribution >= 4 is 23.5 Å². The number of pyridine rings is 1. The van der Waals surface area contributed by atoms with Crippen molar-refractivity contribution in [3.8, 4) is 6.07 Å². The third-order valence-electron chi connectivity index (χ3n) is 3.84. The van der Waals surface area contributed by atoms with Crippen molar-refractivity contribution in [1.82, 2.24) is 10.3 Å². The lowest BCUT2D eigenvalue weighted by Crippen LogP contribution is -2.50. The molecule has 1 heterocycles. The number of nitrogens with zero attached hydrogens (tertiary/aromatic N) is 2. The number of alkyl carbamates (subject to hydrolysis) is 1. The van der Waals surface area contributed by atoms with Crippen LogP contribution in [0, 0.1) is 17.1 Å². The first-order valence-corrected chi connectivity index (χ1v) is 8.59. The molecule has 0 radical (unpaired) electrons. The molecule has 136 valence electrons. The monoisotopic (exact) mass is 368 g/mol. The van der Waals surface area contributed by atoms with Crippen LogP contribution in [0.15, 0.2) is 6.07 Å². The average molecular weight is 369 g/mol. The van der Waals surface area contributed by atoms with E-state index in [1.165, 1.54) is 0 Å². The van der Waals surface area contributed by atoms with Gasteiger partial charge in [0.05, 0.1) is 11.6 Å². The van der Waals surface area contributed by atoms with Gasteiger partial charge in [-0.15, -0.1) is 0 Å². The second-order valence-corrected chi connectivity index (χ2v) is 7.41. The van der Waals surface area contributed by atoms with Gasteiger partial charge in [-0.25, -0.2) is 14.2 Å². The van der Waals surface area contributed by atoms with E-state index in [0.29, 0.717) is 0 Å². The zero-order chi connectivity index (χ0) is 18.6. The van der Waals surface area contributed by atoms with Gasteiger partial charge in [0.1, 0.15) is 16.8 Å². The molecule has 8 heteroatoms. The van der Waals surface area contributed by atoms with E-state index in [-0.39, 0.29) is 28.6 Å². The SMILES string of the molecule is CC(C)(C)OC(=O)NC1CCCCC1Nc1nc(Cl)c(C#N)cc1F. The summed E-state index contributed by atoms with van der Waals surface area (Å²) in [4.78, 5) is 15.9. The molecule has 1 amide bonds. The Kier molecular flexibility index (Phi) is 6.07. The Hall–Kier alpha value is -2.07. The predicted octanol–water partition coefficient (Wildman–Crippen LogP) is 3.99. The molecular weight excluding hydrogens is 347 g/mol. The number of hydrogen-bond acceptors (Lipinski definition) is 5. The van der Waals surface area contributed by atoms with Gasteiger partial charge in [0.2, 0.25) is 0 Å². The third kappa shape index (κ3) is 5.46. The van der Waals surface area contributed by atoms with E-state index in [9.17, 15) is 9.18 Å². The van der Waals surface area contributed by atoms with Crippen LogP contribution in [0.25, 0.3) is 0 Å². The molecular formula is C17H22ClFN4O2. The number of amides is 1. The van der Waals surface area contributed by atoms with Gasteiger partial charge in [-0.2, -0.15) is 5.26 Å². The summed E-state index contributed by atoms with van der Waals surface area (Å²) >= 11 is 5.88. The Morgan fingerprint density at radius 2 is 2.04 bits per heavy atom. The second-order valence-electron chi connectivity index (χ2n) is 7.06. The topological polar surface area (TPSA) is 87.0 Å². The van der Waals surface area contributed by atoms with Crippen LogP contribution in [0.1, 0.15) is 52.0 Å². The molecule has 0 saturated heterocycles. The number of hydrogen-bond donors (Lipinski definition) is 2. The number of aromatic nitrogens is 1. The highest BCUT2D eigenvalue weighted by Crippen LogP contribution is 2.25. The molecule has 2 N–H and O–H groups in total. The molecule has 1 aliphatic carbocycles. The van der Waals surface area contributed by atoms with Gasteiger partial charge >= 0.3 is 6.09 Å². The van der Waals surface area contributed by atoms with Gasteiger partial charge in [0, 0.05) is 6.04 Å². The first-order chi connectivity index (χ1) is 11.7. The maximum atomic E-state index is 14.1. The van der Waals surface area contributed by atoms with Crippen molar-refractivity contribution in [3.63, 3.8) is 0 Å². The fourth-order valence-electron chi connectivity index (χ4n) is 2.76. The zero-order valence-corrected chi connectivity index (χ0v) is 15.3. The number of nitrogens with one attached hydrogen (secondary N) is 2. The van der Waals surface area contributed by atoms with Crippen LogP contribution in [0.2, 0.25) is 5.15 Å². The standard InChI is InChI=1S/C17H22ClFN4O2/c1-17(2,3)25-16(24)22-13-7-5-4-6-12(13)21-15-11(19)8-10(9-20)14(18)23-15/h8,12-13H,4-7H2,1-3H3,(H,21,23)(H,22,24). The van der Waals surface area contributed by atoms with E-state index >= 15 is 0 Å². The Morgan fingerprint density at radius 1 is 1.40 bits per heavy atom. The van der Waals surface area contributed by atoms with Gasteiger partial charge in [-0.3, -0.25) is 0 Å². The fourth-order valence-corrected chi connectivity index (χ4v) is 2.94. The molecule has 2 rings (SSSR count). The maximum absolute atomic E-state index is 14.1. The van der Waals surface area contributed by atoms with Crippen molar-refractivity contribution in [2.24, 2.45) is 0 Å². The van der Waals surface area contributed by atoms with Crippen molar-refractivity contribution in [1.29, 1.82) is 5.26 Å². The molecule has 1 aromatic rings. The third-order valence-corrected chi connectivity index (χ3v) is 4.13. The normalized spacial score (nSPS) is 20.5. The fraction of sp³-hybridized carbons (Fsp3) is 0.588. The molecule has 0 aromatic carbocycles. The summed E-state index contributed by atoms with van der Waals surface area (Å²) in [7, 11) is 0. The summed E-state index contributed by atoms with van der Waals surface area (Å²) in [6.45, 7) is 5.38. The van der Waals surface area contributed by atoms with Crippen LogP contribution in [-0.2, 0) is 4.74 Å². The first kappa shape index (κ1) is 19.3. The van der Waals surface area contributed by atoms with Gasteiger partial charge < -0.3 is 15.4 Å². The molecule has 2 atom stereocenters. The molecule has 0 spiro atoms. The molecule has 1 saturated carbocycles. The molecule has 1 fully saturated rings. The summed E-state index contributed by atoms with van der Waals surface area (Å²) in [6, 6.07) is 2.43. The number of nitriles is 1. The van der Waals surface area contributed by atoms with Gasteiger partial charge in [0.15, 0.2) is 11.6 Å². The first-order valence-electron chi connectivity index (χ1n) is 8.22. The van der Waals surface area contributed by atoms with Crippen LogP contribution in [0.5, 0.6) is 0 Å². The highest BCUT2D eigenvalue weighted by atomic mass is 35.5. The minimum atomic E-state index is -0.650. The number of rotatable bonds is 3. The lowest BCUT2D eigenvalue weighted by molar-refractivity contribution is 0.0488. The van der Waals surface area contributed by atoms with E-state index in [1.54, 1.807) is 26.8 Å². The maximum Gasteiger partial charge on any atom is 0.407 e. The van der Waals surface area contributed by atoms with Crippen LogP contribution in [0.3, 0.4) is 0 Å². The smallest absolute Gasteiger partial charge is 0.407 e. The average Bonchev–Trinajstić information content (AvgIpc) is 2.50. The summed E-state index contributed by atoms with van der Waals surface area (Å²) in [6.07, 6.45) is 2.91. The lowest BCUT2D eigenvalue weighted by atomic mass is 9.90. The lowest BCUT2D eigenvalue weighted by Gasteiger charge is -2.33. The minimum absolute atomic E-state index is 0.0169. The second kappa shape index (κ2) is 7.87. The molecule has 0 aliphatic heterocycles. The molecule has 0 bridgehead atoms. The van der Waals surface area contributed by atoms with Gasteiger partial charge in [-0.1, -0.05) is 24.4 Å². The number of ether oxygens (including phenoxy) is 1. The number of carbonyl (C=O) groups excluding carboxylic acids is 1. The van der Waals surface area contributed by atoms with E-state index in [1.807, 2.05) is 0 Å². The predicted molar refractivity (Wildman–Crippen MR) is 93.0 cm³/mol. The number of anilines is 1. The van der Waals surface area contributed by atoms with E-state index in [4.69, 9.17) is 21.6 Å². The molecule has 1 aliphatic rings. The van der Waals surface area contributed by atoms with E-state index in [0.717, 1.165) is 31.7 Å². The number of carbonyl (C=O) groups is 1. The van der Waals surface area contributed by atoms with Crippen molar-refractivity contribution in [2.75, 3.05) is 5.32 Å². The minimum Gasteiger partial charge on any atom is -0.444 e. The van der Waals surface area contributed by atoms with Crippen molar-refractivity contribution < 1.29 is 13.9 Å². The van der Waals surface area contributed by atoms with Crippen LogP contribution >= 0.6 is 11.6 Å². The largest absolute Gasteiger partial charge is 0.444 e. The zero-order valence-electron chi connectivity index (χ0n) is 14.5. The molecule has 25 heavy (non-hydrogen) atoms. The summed E-state index contributed by atoms with van der Waals surface area (Å²) in [5, 5.41) is 14.7. The molecule has 2 unspecified atom stereocenters. The van der Waals surface area contributed by atoms with Crippen molar-refractivity contribution in [2.45, 2.75) is 64.1 Å². The summed E-state index contributed by atoms with van der Waals surface area (Å²) < 4.78 is 19.4.